The summed E-state index contributed by atoms with van der Waals surface area (Å²) in [5, 5.41) is 3.14. The number of hydrogen-bond donors (Lipinski definition) is 2. The SMILES string of the molecule is COc1cc(OC)cc(N2CCC(NC(=O)CCc3ccccc3N)C2)c1.Cl.Cl. The molecule has 1 atom stereocenters. The van der Waals surface area contributed by atoms with E-state index in [1.165, 1.54) is 0 Å². The van der Waals surface area contributed by atoms with Crippen molar-refractivity contribution in [2.45, 2.75) is 25.3 Å². The van der Waals surface area contributed by atoms with E-state index in [1.807, 2.05) is 42.5 Å². The van der Waals surface area contributed by atoms with Crippen LogP contribution in [0, 0.1) is 0 Å². The normalized spacial score (nSPS) is 15.1. The van der Waals surface area contributed by atoms with Crippen molar-refractivity contribution in [3.05, 3.63) is 48.0 Å². The van der Waals surface area contributed by atoms with Crippen molar-refractivity contribution in [2.75, 3.05) is 37.9 Å². The van der Waals surface area contributed by atoms with Crippen molar-refractivity contribution in [1.82, 2.24) is 5.32 Å². The molecule has 1 amide bonds. The Morgan fingerprint density at radius 1 is 1.14 bits per heavy atom. The summed E-state index contributed by atoms with van der Waals surface area (Å²) in [7, 11) is 3.29. The fourth-order valence-corrected chi connectivity index (χ4v) is 3.40. The molecular weight excluding hydrogens is 413 g/mol. The second-order valence-corrected chi connectivity index (χ2v) is 6.77. The number of nitrogens with zero attached hydrogens (tertiary/aromatic N) is 1. The van der Waals surface area contributed by atoms with Gasteiger partial charge in [-0.2, -0.15) is 0 Å². The van der Waals surface area contributed by atoms with Crippen LogP contribution in [0.2, 0.25) is 0 Å². The third-order valence-electron chi connectivity index (χ3n) is 4.93. The first kappa shape index (κ1) is 24.7. The standard InChI is InChI=1S/C21H27N3O3.2ClH/c1-26-18-11-17(12-19(13-18)27-2)24-10-9-16(14-24)23-21(25)8-7-15-5-3-4-6-20(15)22;;/h3-6,11-13,16H,7-10,14,22H2,1-2H3,(H,23,25);2*1H. The molecule has 3 rings (SSSR count). The van der Waals surface area contributed by atoms with Crippen molar-refractivity contribution in [3.8, 4) is 11.5 Å². The number of ether oxygens (including phenoxy) is 2. The predicted octanol–water partition coefficient (Wildman–Crippen LogP) is 3.46. The van der Waals surface area contributed by atoms with Gasteiger partial charge in [0, 0.05) is 55.1 Å². The van der Waals surface area contributed by atoms with E-state index in [2.05, 4.69) is 10.2 Å². The van der Waals surface area contributed by atoms with Crippen LogP contribution in [0.5, 0.6) is 11.5 Å². The Balaban J connectivity index is 0.00000210. The molecule has 6 nitrogen and oxygen atoms in total. The summed E-state index contributed by atoms with van der Waals surface area (Å²) in [6.45, 7) is 1.66. The first-order valence-corrected chi connectivity index (χ1v) is 9.20. The van der Waals surface area contributed by atoms with Crippen LogP contribution in [-0.4, -0.2) is 39.3 Å². The Morgan fingerprint density at radius 2 is 1.79 bits per heavy atom. The lowest BCUT2D eigenvalue weighted by molar-refractivity contribution is -0.121. The number of methoxy groups -OCH3 is 2. The highest BCUT2D eigenvalue weighted by atomic mass is 35.5. The van der Waals surface area contributed by atoms with Gasteiger partial charge in [-0.15, -0.1) is 24.8 Å². The number of hydrogen-bond acceptors (Lipinski definition) is 5. The molecular formula is C21H29Cl2N3O3. The van der Waals surface area contributed by atoms with Gasteiger partial charge in [-0.3, -0.25) is 4.79 Å². The molecule has 0 radical (unpaired) electrons. The van der Waals surface area contributed by atoms with Crippen LogP contribution >= 0.6 is 24.8 Å². The van der Waals surface area contributed by atoms with Crippen LogP contribution in [0.4, 0.5) is 11.4 Å². The summed E-state index contributed by atoms with van der Waals surface area (Å²) in [5.74, 6) is 1.59. The fraction of sp³-hybridized carbons (Fsp3) is 0.381. The molecule has 8 heteroatoms. The first-order valence-electron chi connectivity index (χ1n) is 9.20. The number of para-hydroxylation sites is 1. The molecule has 0 spiro atoms. The van der Waals surface area contributed by atoms with E-state index in [0.717, 1.165) is 47.9 Å². The van der Waals surface area contributed by atoms with E-state index < -0.39 is 0 Å². The first-order chi connectivity index (χ1) is 13.1. The number of benzene rings is 2. The third kappa shape index (κ3) is 6.61. The molecule has 0 saturated carbocycles. The molecule has 1 saturated heterocycles. The topological polar surface area (TPSA) is 76.8 Å². The average molecular weight is 442 g/mol. The van der Waals surface area contributed by atoms with Crippen LogP contribution in [-0.2, 0) is 11.2 Å². The van der Waals surface area contributed by atoms with E-state index >= 15 is 0 Å². The van der Waals surface area contributed by atoms with Crippen LogP contribution in [0.25, 0.3) is 0 Å². The van der Waals surface area contributed by atoms with Gasteiger partial charge >= 0.3 is 0 Å². The molecule has 1 aliphatic rings. The monoisotopic (exact) mass is 441 g/mol. The number of carbonyl (C=O) groups is 1. The number of nitrogens with two attached hydrogens (primary N) is 1. The number of rotatable bonds is 7. The molecule has 0 bridgehead atoms. The maximum atomic E-state index is 12.3. The Labute approximate surface area is 184 Å². The smallest absolute Gasteiger partial charge is 0.220 e. The van der Waals surface area contributed by atoms with Crippen LogP contribution in [0.1, 0.15) is 18.4 Å². The fourth-order valence-electron chi connectivity index (χ4n) is 3.40. The van der Waals surface area contributed by atoms with Crippen molar-refractivity contribution in [2.24, 2.45) is 0 Å². The summed E-state index contributed by atoms with van der Waals surface area (Å²) in [4.78, 5) is 14.6. The Morgan fingerprint density at radius 3 is 2.41 bits per heavy atom. The lowest BCUT2D eigenvalue weighted by Gasteiger charge is -2.20. The highest BCUT2D eigenvalue weighted by Gasteiger charge is 2.24. The van der Waals surface area contributed by atoms with Gasteiger partial charge in [0.1, 0.15) is 11.5 Å². The maximum absolute atomic E-state index is 12.3. The molecule has 3 N–H and O–H groups in total. The molecule has 0 aliphatic carbocycles. The number of halogens is 2. The van der Waals surface area contributed by atoms with Gasteiger partial charge in [0.05, 0.1) is 14.2 Å². The zero-order chi connectivity index (χ0) is 19.2. The largest absolute Gasteiger partial charge is 0.497 e. The van der Waals surface area contributed by atoms with Crippen LogP contribution in [0.15, 0.2) is 42.5 Å². The summed E-state index contributed by atoms with van der Waals surface area (Å²) in [6.07, 6.45) is 2.01. The van der Waals surface area contributed by atoms with Crippen molar-refractivity contribution >= 4 is 42.1 Å². The Bertz CT molecular complexity index is 782. The Hall–Kier alpha value is -2.31. The van der Waals surface area contributed by atoms with Crippen molar-refractivity contribution < 1.29 is 14.3 Å². The highest BCUT2D eigenvalue weighted by molar-refractivity contribution is 5.85. The Kier molecular flexibility index (Phi) is 9.92. The highest BCUT2D eigenvalue weighted by Crippen LogP contribution is 2.30. The van der Waals surface area contributed by atoms with E-state index in [4.69, 9.17) is 15.2 Å². The van der Waals surface area contributed by atoms with Gasteiger partial charge in [0.25, 0.3) is 0 Å². The summed E-state index contributed by atoms with van der Waals surface area (Å²) >= 11 is 0. The van der Waals surface area contributed by atoms with Gasteiger partial charge in [-0.25, -0.2) is 0 Å². The predicted molar refractivity (Wildman–Crippen MR) is 122 cm³/mol. The third-order valence-corrected chi connectivity index (χ3v) is 4.93. The number of anilines is 2. The summed E-state index contributed by atoms with van der Waals surface area (Å²) in [5.41, 5.74) is 8.74. The lowest BCUT2D eigenvalue weighted by Crippen LogP contribution is -2.37. The maximum Gasteiger partial charge on any atom is 0.220 e. The minimum Gasteiger partial charge on any atom is -0.497 e. The molecule has 1 unspecified atom stereocenters. The van der Waals surface area contributed by atoms with Gasteiger partial charge in [-0.05, 0) is 24.5 Å². The molecule has 29 heavy (non-hydrogen) atoms. The van der Waals surface area contributed by atoms with Crippen LogP contribution < -0.4 is 25.4 Å². The second-order valence-electron chi connectivity index (χ2n) is 6.77. The van der Waals surface area contributed by atoms with E-state index in [1.54, 1.807) is 14.2 Å². The molecule has 1 heterocycles. The summed E-state index contributed by atoms with van der Waals surface area (Å²) in [6, 6.07) is 13.7. The van der Waals surface area contributed by atoms with Crippen molar-refractivity contribution in [1.29, 1.82) is 0 Å². The zero-order valence-corrected chi connectivity index (χ0v) is 18.4. The number of amides is 1. The molecule has 0 aromatic heterocycles. The number of nitrogen functional groups attached to an aromatic ring is 1. The number of nitrogens with one attached hydrogen (secondary N) is 1. The molecule has 1 fully saturated rings. The van der Waals surface area contributed by atoms with Crippen molar-refractivity contribution in [3.63, 3.8) is 0 Å². The summed E-state index contributed by atoms with van der Waals surface area (Å²) < 4.78 is 10.7. The quantitative estimate of drug-likeness (QED) is 0.643. The molecule has 1 aliphatic heterocycles. The van der Waals surface area contributed by atoms with E-state index in [0.29, 0.717) is 12.8 Å². The number of aryl methyl sites for hydroxylation is 1. The van der Waals surface area contributed by atoms with Gasteiger partial charge in [0.2, 0.25) is 5.91 Å². The lowest BCUT2D eigenvalue weighted by atomic mass is 10.1. The average Bonchev–Trinajstić information content (AvgIpc) is 3.15. The van der Waals surface area contributed by atoms with Gasteiger partial charge in [0.15, 0.2) is 0 Å². The second kappa shape index (κ2) is 11.6. The minimum atomic E-state index is 0. The molecule has 2 aromatic carbocycles. The van der Waals surface area contributed by atoms with E-state index in [9.17, 15) is 4.79 Å². The molecule has 2 aromatic rings. The molecule has 160 valence electrons. The zero-order valence-electron chi connectivity index (χ0n) is 16.7. The van der Waals surface area contributed by atoms with E-state index in [-0.39, 0.29) is 36.8 Å². The minimum absolute atomic E-state index is 0. The van der Waals surface area contributed by atoms with Gasteiger partial charge < -0.3 is 25.4 Å². The van der Waals surface area contributed by atoms with Gasteiger partial charge in [-0.1, -0.05) is 18.2 Å². The number of carbonyl (C=O) groups excluding carboxylic acids is 1. The van der Waals surface area contributed by atoms with Crippen LogP contribution in [0.3, 0.4) is 0 Å².